The van der Waals surface area contributed by atoms with E-state index >= 15 is 0 Å². The minimum Gasteiger partial charge on any atom is -0.481 e. The van der Waals surface area contributed by atoms with Crippen LogP contribution in [-0.2, 0) is 14.8 Å². The predicted octanol–water partition coefficient (Wildman–Crippen LogP) is 1.05. The van der Waals surface area contributed by atoms with Crippen LogP contribution in [-0.4, -0.2) is 53.3 Å². The third-order valence-corrected chi connectivity index (χ3v) is 6.61. The Kier molecular flexibility index (Phi) is 6.42. The van der Waals surface area contributed by atoms with E-state index < -0.39 is 27.2 Å². The summed E-state index contributed by atoms with van der Waals surface area (Å²) in [6.45, 7) is 3.59. The summed E-state index contributed by atoms with van der Waals surface area (Å²) in [7, 11) is -3.69. The third-order valence-electron chi connectivity index (χ3n) is 4.15. The van der Waals surface area contributed by atoms with Crippen LogP contribution in [0.1, 0.15) is 46.0 Å². The van der Waals surface area contributed by atoms with Crippen LogP contribution in [0, 0.1) is 5.92 Å². The maximum atomic E-state index is 12.7. The van der Waals surface area contributed by atoms with Crippen LogP contribution in [0.2, 0.25) is 0 Å². The molecule has 0 aromatic rings. The van der Waals surface area contributed by atoms with Crippen molar-refractivity contribution in [3.05, 3.63) is 0 Å². The monoisotopic (exact) mass is 307 g/mol. The summed E-state index contributed by atoms with van der Waals surface area (Å²) in [4.78, 5) is 11.2. The Balaban J connectivity index is 3.06. The molecule has 0 aromatic carbocycles. The minimum absolute atomic E-state index is 0.0392. The van der Waals surface area contributed by atoms with Gasteiger partial charge in [-0.1, -0.05) is 20.3 Å². The second-order valence-electron chi connectivity index (χ2n) is 5.26. The van der Waals surface area contributed by atoms with Gasteiger partial charge in [-0.15, -0.1) is 0 Å². The Morgan fingerprint density at radius 3 is 2.35 bits per heavy atom. The summed E-state index contributed by atoms with van der Waals surface area (Å²) >= 11 is 0. The molecule has 20 heavy (non-hydrogen) atoms. The van der Waals surface area contributed by atoms with Crippen molar-refractivity contribution < 1.29 is 23.4 Å². The van der Waals surface area contributed by atoms with Gasteiger partial charge in [0.05, 0.1) is 17.8 Å². The van der Waals surface area contributed by atoms with Gasteiger partial charge in [0.15, 0.2) is 0 Å². The van der Waals surface area contributed by atoms with Crippen molar-refractivity contribution in [2.75, 3.05) is 13.2 Å². The molecular weight excluding hydrogens is 282 g/mol. The molecule has 1 rings (SSSR count). The first kappa shape index (κ1) is 17.4. The standard InChI is InChI=1S/C13H25NO5S/c1-3-10(4-2)14(8-9-15)20(18,19)12-7-5-6-11(12)13(16)17/h10-12,15H,3-9H2,1-2H3,(H,16,17). The van der Waals surface area contributed by atoms with Crippen molar-refractivity contribution in [3.8, 4) is 0 Å². The van der Waals surface area contributed by atoms with Crippen molar-refractivity contribution in [3.63, 3.8) is 0 Å². The maximum absolute atomic E-state index is 12.7. The van der Waals surface area contributed by atoms with E-state index in [1.807, 2.05) is 13.8 Å². The molecule has 2 unspecified atom stereocenters. The molecule has 1 saturated carbocycles. The van der Waals surface area contributed by atoms with Gasteiger partial charge in [-0.3, -0.25) is 4.79 Å². The smallest absolute Gasteiger partial charge is 0.307 e. The molecule has 0 spiro atoms. The molecule has 6 nitrogen and oxygen atoms in total. The topological polar surface area (TPSA) is 94.9 Å². The highest BCUT2D eigenvalue weighted by Gasteiger charge is 2.45. The van der Waals surface area contributed by atoms with Gasteiger partial charge < -0.3 is 10.2 Å². The Morgan fingerprint density at radius 1 is 1.30 bits per heavy atom. The largest absolute Gasteiger partial charge is 0.481 e. The average Bonchev–Trinajstić information content (AvgIpc) is 2.89. The molecule has 0 amide bonds. The summed E-state index contributed by atoms with van der Waals surface area (Å²) in [5, 5.41) is 17.5. The summed E-state index contributed by atoms with van der Waals surface area (Å²) in [5.41, 5.74) is 0. The van der Waals surface area contributed by atoms with Crippen molar-refractivity contribution in [1.82, 2.24) is 4.31 Å². The predicted molar refractivity (Wildman–Crippen MR) is 75.8 cm³/mol. The molecule has 0 bridgehead atoms. The van der Waals surface area contributed by atoms with E-state index in [9.17, 15) is 18.3 Å². The third kappa shape index (κ3) is 3.51. The van der Waals surface area contributed by atoms with E-state index in [0.29, 0.717) is 32.1 Å². The first-order chi connectivity index (χ1) is 9.39. The molecule has 2 N–H and O–H groups in total. The molecule has 0 aliphatic heterocycles. The van der Waals surface area contributed by atoms with Gasteiger partial charge in [-0.25, -0.2) is 8.42 Å². The molecule has 0 radical (unpaired) electrons. The quantitative estimate of drug-likeness (QED) is 0.699. The van der Waals surface area contributed by atoms with E-state index in [-0.39, 0.29) is 19.2 Å². The van der Waals surface area contributed by atoms with Gasteiger partial charge in [0, 0.05) is 12.6 Å². The van der Waals surface area contributed by atoms with Crippen LogP contribution in [0.5, 0.6) is 0 Å². The van der Waals surface area contributed by atoms with E-state index in [2.05, 4.69) is 0 Å². The zero-order valence-electron chi connectivity index (χ0n) is 12.2. The van der Waals surface area contributed by atoms with E-state index in [1.165, 1.54) is 4.31 Å². The number of carboxylic acid groups (broad SMARTS) is 1. The van der Waals surface area contributed by atoms with Crippen LogP contribution in [0.3, 0.4) is 0 Å². The highest BCUT2D eigenvalue weighted by molar-refractivity contribution is 7.89. The Morgan fingerprint density at radius 2 is 1.90 bits per heavy atom. The molecule has 0 heterocycles. The molecule has 7 heteroatoms. The van der Waals surface area contributed by atoms with Crippen LogP contribution in [0.25, 0.3) is 0 Å². The molecule has 1 aliphatic rings. The number of nitrogens with zero attached hydrogens (tertiary/aromatic N) is 1. The Bertz CT molecular complexity index is 418. The fourth-order valence-electron chi connectivity index (χ4n) is 3.05. The van der Waals surface area contributed by atoms with E-state index in [1.54, 1.807) is 0 Å². The lowest BCUT2D eigenvalue weighted by Gasteiger charge is -2.32. The van der Waals surface area contributed by atoms with Gasteiger partial charge in [-0.2, -0.15) is 4.31 Å². The molecule has 118 valence electrons. The number of aliphatic carboxylic acids is 1. The minimum atomic E-state index is -3.69. The number of hydrogen-bond donors (Lipinski definition) is 2. The number of rotatable bonds is 8. The zero-order valence-corrected chi connectivity index (χ0v) is 13.0. The van der Waals surface area contributed by atoms with Gasteiger partial charge in [0.1, 0.15) is 0 Å². The van der Waals surface area contributed by atoms with Crippen molar-refractivity contribution >= 4 is 16.0 Å². The molecular formula is C13H25NO5S. The number of aliphatic hydroxyl groups excluding tert-OH is 1. The first-order valence-corrected chi connectivity index (χ1v) is 8.74. The summed E-state index contributed by atoms with van der Waals surface area (Å²) in [5.74, 6) is -1.86. The molecule has 0 aromatic heterocycles. The van der Waals surface area contributed by atoms with E-state index in [0.717, 1.165) is 0 Å². The fourth-order valence-corrected chi connectivity index (χ4v) is 5.58. The average molecular weight is 307 g/mol. The summed E-state index contributed by atoms with van der Waals surface area (Å²) in [6.07, 6.45) is 2.73. The number of carbonyl (C=O) groups is 1. The number of aliphatic hydroxyl groups is 1. The van der Waals surface area contributed by atoms with Crippen molar-refractivity contribution in [2.24, 2.45) is 5.92 Å². The lowest BCUT2D eigenvalue weighted by Crippen LogP contribution is -2.48. The number of sulfonamides is 1. The first-order valence-electron chi connectivity index (χ1n) is 7.24. The second-order valence-corrected chi connectivity index (χ2v) is 7.37. The van der Waals surface area contributed by atoms with Crippen molar-refractivity contribution in [2.45, 2.75) is 57.2 Å². The highest BCUT2D eigenvalue weighted by atomic mass is 32.2. The number of hydrogen-bond acceptors (Lipinski definition) is 4. The zero-order chi connectivity index (χ0) is 15.3. The Hall–Kier alpha value is -0.660. The van der Waals surface area contributed by atoms with E-state index in [4.69, 9.17) is 5.11 Å². The maximum Gasteiger partial charge on any atom is 0.307 e. The lowest BCUT2D eigenvalue weighted by atomic mass is 10.1. The lowest BCUT2D eigenvalue weighted by molar-refractivity contribution is -0.141. The normalized spacial score (nSPS) is 23.6. The molecule has 1 aliphatic carbocycles. The van der Waals surface area contributed by atoms with Crippen LogP contribution in [0.15, 0.2) is 0 Å². The van der Waals surface area contributed by atoms with Crippen LogP contribution in [0.4, 0.5) is 0 Å². The Labute approximate surface area is 120 Å². The van der Waals surface area contributed by atoms with Crippen LogP contribution < -0.4 is 0 Å². The summed E-state index contributed by atoms with van der Waals surface area (Å²) < 4.78 is 26.8. The molecule has 1 fully saturated rings. The fraction of sp³-hybridized carbons (Fsp3) is 0.923. The van der Waals surface area contributed by atoms with Gasteiger partial charge >= 0.3 is 5.97 Å². The van der Waals surface area contributed by atoms with Gasteiger partial charge in [0.25, 0.3) is 0 Å². The summed E-state index contributed by atoms with van der Waals surface area (Å²) in [6, 6.07) is -0.179. The molecule has 2 atom stereocenters. The molecule has 0 saturated heterocycles. The number of carboxylic acids is 1. The van der Waals surface area contributed by atoms with Gasteiger partial charge in [-0.05, 0) is 25.7 Å². The van der Waals surface area contributed by atoms with Crippen LogP contribution >= 0.6 is 0 Å². The van der Waals surface area contributed by atoms with Gasteiger partial charge in [0.2, 0.25) is 10.0 Å². The second kappa shape index (κ2) is 7.38. The SMILES string of the molecule is CCC(CC)N(CCO)S(=O)(=O)C1CCCC1C(=O)O. The van der Waals surface area contributed by atoms with Crippen molar-refractivity contribution in [1.29, 1.82) is 0 Å². The highest BCUT2D eigenvalue weighted by Crippen LogP contribution is 2.34.